The van der Waals surface area contributed by atoms with E-state index < -0.39 is 30.6 Å². The van der Waals surface area contributed by atoms with Crippen molar-refractivity contribution in [1.82, 2.24) is 14.5 Å². The second-order valence-corrected chi connectivity index (χ2v) is 7.43. The molecule has 0 spiro atoms. The van der Waals surface area contributed by atoms with Crippen LogP contribution >= 0.6 is 11.6 Å². The molecular formula is C19H18ClN3O4. The minimum Gasteiger partial charge on any atom is -0.387 e. The van der Waals surface area contributed by atoms with Crippen molar-refractivity contribution in [2.75, 3.05) is 0 Å². The number of hydrogen-bond donors (Lipinski definition) is 3. The zero-order chi connectivity index (χ0) is 18.7. The average Bonchev–Trinajstić information content (AvgIpc) is 3.19. The second kappa shape index (κ2) is 6.25. The highest BCUT2D eigenvalue weighted by Gasteiger charge is 2.47. The minimum absolute atomic E-state index is 0.297. The van der Waals surface area contributed by atoms with E-state index in [1.807, 2.05) is 18.2 Å². The van der Waals surface area contributed by atoms with Crippen molar-refractivity contribution in [2.45, 2.75) is 43.5 Å². The number of aliphatic hydroxyl groups is 3. The van der Waals surface area contributed by atoms with Gasteiger partial charge in [0.05, 0.1) is 5.39 Å². The van der Waals surface area contributed by atoms with Crippen molar-refractivity contribution in [1.29, 1.82) is 0 Å². The van der Waals surface area contributed by atoms with Crippen molar-refractivity contribution in [2.24, 2.45) is 0 Å². The van der Waals surface area contributed by atoms with Crippen LogP contribution in [0.4, 0.5) is 0 Å². The van der Waals surface area contributed by atoms with E-state index in [2.05, 4.69) is 9.97 Å². The Balaban J connectivity index is 1.46. The fraction of sp³-hybridized carbons (Fsp3) is 0.368. The van der Waals surface area contributed by atoms with E-state index in [9.17, 15) is 15.3 Å². The number of rotatable bonds is 3. The van der Waals surface area contributed by atoms with Gasteiger partial charge in [-0.25, -0.2) is 9.97 Å². The van der Waals surface area contributed by atoms with Crippen molar-refractivity contribution in [3.8, 4) is 0 Å². The molecule has 140 valence electrons. The lowest BCUT2D eigenvalue weighted by atomic mass is 9.85. The van der Waals surface area contributed by atoms with Gasteiger partial charge >= 0.3 is 0 Å². The molecule has 0 saturated carbocycles. The zero-order valence-corrected chi connectivity index (χ0v) is 15.0. The first-order valence-electron chi connectivity index (χ1n) is 8.83. The highest BCUT2D eigenvalue weighted by atomic mass is 35.5. The lowest BCUT2D eigenvalue weighted by Crippen LogP contribution is -2.35. The van der Waals surface area contributed by atoms with Gasteiger partial charge in [0.2, 0.25) is 0 Å². The molecule has 1 aliphatic heterocycles. The van der Waals surface area contributed by atoms with E-state index in [1.165, 1.54) is 17.5 Å². The molecule has 7 nitrogen and oxygen atoms in total. The molecule has 0 bridgehead atoms. The normalized spacial score (nSPS) is 28.1. The van der Waals surface area contributed by atoms with E-state index in [1.54, 1.807) is 16.8 Å². The van der Waals surface area contributed by atoms with Gasteiger partial charge in [-0.3, -0.25) is 0 Å². The average molecular weight is 388 g/mol. The maximum Gasteiger partial charge on any atom is 0.164 e. The molecule has 27 heavy (non-hydrogen) atoms. The van der Waals surface area contributed by atoms with Crippen LogP contribution < -0.4 is 0 Å². The molecule has 3 N–H and O–H groups in total. The molecule has 8 heteroatoms. The zero-order valence-electron chi connectivity index (χ0n) is 14.2. The number of benzene rings is 1. The third kappa shape index (κ3) is 2.58. The summed E-state index contributed by atoms with van der Waals surface area (Å²) >= 11 is 6.08. The Morgan fingerprint density at radius 1 is 1.11 bits per heavy atom. The predicted molar refractivity (Wildman–Crippen MR) is 97.3 cm³/mol. The van der Waals surface area contributed by atoms with E-state index in [0.717, 1.165) is 12.8 Å². The van der Waals surface area contributed by atoms with Gasteiger partial charge in [0, 0.05) is 6.20 Å². The lowest BCUT2D eigenvalue weighted by Gasteiger charge is -2.25. The Labute approximate surface area is 159 Å². The van der Waals surface area contributed by atoms with Gasteiger partial charge in [-0.2, -0.15) is 0 Å². The minimum atomic E-state index is -1.24. The quantitative estimate of drug-likeness (QED) is 0.589. The molecule has 0 amide bonds. The standard InChI is InChI=1S/C19H18ClN3O4/c20-17-12-5-6-23(18(12)22-8-21-17)19-15(26)14(25)16(27-19)13(24)11-4-2-9-1-3-10(9)7-11/h2,4-8,13-16,19,24-26H,1,3H2/t13?,14-,15+,16+,19+/m0/s1. The van der Waals surface area contributed by atoms with Crippen molar-refractivity contribution in [3.63, 3.8) is 0 Å². The number of nitrogens with zero attached hydrogens (tertiary/aromatic N) is 3. The first-order valence-corrected chi connectivity index (χ1v) is 9.21. The topological polar surface area (TPSA) is 101 Å². The van der Waals surface area contributed by atoms with Crippen LogP contribution in [0.15, 0.2) is 36.8 Å². The fourth-order valence-corrected chi connectivity index (χ4v) is 4.10. The molecule has 1 aliphatic carbocycles. The Hall–Kier alpha value is -2.03. The van der Waals surface area contributed by atoms with Crippen LogP contribution in [-0.2, 0) is 17.6 Å². The first-order chi connectivity index (χ1) is 13.0. The van der Waals surface area contributed by atoms with Gasteiger partial charge in [-0.1, -0.05) is 29.8 Å². The molecular weight excluding hydrogens is 370 g/mol. The number of aliphatic hydroxyl groups excluding tert-OH is 3. The van der Waals surface area contributed by atoms with E-state index in [4.69, 9.17) is 16.3 Å². The summed E-state index contributed by atoms with van der Waals surface area (Å²) in [5, 5.41) is 32.8. The van der Waals surface area contributed by atoms with Crippen LogP contribution in [0.5, 0.6) is 0 Å². The summed E-state index contributed by atoms with van der Waals surface area (Å²) in [5.74, 6) is 0. The third-order valence-electron chi connectivity index (χ3n) is 5.56. The monoisotopic (exact) mass is 387 g/mol. The van der Waals surface area contributed by atoms with E-state index in [-0.39, 0.29) is 0 Å². The van der Waals surface area contributed by atoms with E-state index >= 15 is 0 Å². The van der Waals surface area contributed by atoms with Crippen LogP contribution in [0.25, 0.3) is 11.0 Å². The molecule has 1 saturated heterocycles. The molecule has 3 aromatic rings. The largest absolute Gasteiger partial charge is 0.387 e. The van der Waals surface area contributed by atoms with Gasteiger partial charge in [0.15, 0.2) is 6.23 Å². The highest BCUT2D eigenvalue weighted by molar-refractivity contribution is 6.33. The molecule has 3 heterocycles. The predicted octanol–water partition coefficient (Wildman–Crippen LogP) is 1.54. The maximum absolute atomic E-state index is 10.8. The molecule has 1 unspecified atom stereocenters. The summed E-state index contributed by atoms with van der Waals surface area (Å²) < 4.78 is 7.49. The van der Waals surface area contributed by atoms with Crippen LogP contribution in [0.3, 0.4) is 0 Å². The van der Waals surface area contributed by atoms with Gasteiger partial charge < -0.3 is 24.6 Å². The molecule has 1 fully saturated rings. The summed E-state index contributed by atoms with van der Waals surface area (Å²) in [6, 6.07) is 7.50. The van der Waals surface area contributed by atoms with Gasteiger partial charge in [0.1, 0.15) is 41.5 Å². The lowest BCUT2D eigenvalue weighted by molar-refractivity contribution is -0.0848. The Kier molecular flexibility index (Phi) is 3.96. The number of aromatic nitrogens is 3. The molecule has 0 radical (unpaired) electrons. The van der Waals surface area contributed by atoms with Crippen LogP contribution in [0, 0.1) is 0 Å². The Morgan fingerprint density at radius 3 is 2.67 bits per heavy atom. The van der Waals surface area contributed by atoms with Crippen molar-refractivity contribution >= 4 is 22.6 Å². The number of halogens is 1. The van der Waals surface area contributed by atoms with Gasteiger partial charge in [-0.05, 0) is 35.6 Å². The maximum atomic E-state index is 10.8. The highest BCUT2D eigenvalue weighted by Crippen LogP contribution is 2.38. The number of fused-ring (bicyclic) bond motifs is 2. The van der Waals surface area contributed by atoms with Gasteiger partial charge in [0.25, 0.3) is 0 Å². The number of aryl methyl sites for hydroxylation is 2. The molecule has 2 aromatic heterocycles. The van der Waals surface area contributed by atoms with Crippen LogP contribution in [0.2, 0.25) is 5.15 Å². The SMILES string of the molecule is OC(c1ccc2c(c1)CC2)[C@H]1O[C@@H](n2ccc3c(Cl)ncnc32)[C@H](O)[C@@H]1O. The Morgan fingerprint density at radius 2 is 1.93 bits per heavy atom. The van der Waals surface area contributed by atoms with Crippen LogP contribution in [0.1, 0.15) is 29.0 Å². The summed E-state index contributed by atoms with van der Waals surface area (Å²) in [6.07, 6.45) is -0.325. The number of hydrogen-bond acceptors (Lipinski definition) is 6. The smallest absolute Gasteiger partial charge is 0.164 e. The summed E-state index contributed by atoms with van der Waals surface area (Å²) in [6.45, 7) is 0. The fourth-order valence-electron chi connectivity index (χ4n) is 3.91. The molecule has 5 atom stereocenters. The van der Waals surface area contributed by atoms with Gasteiger partial charge in [-0.15, -0.1) is 0 Å². The summed E-state index contributed by atoms with van der Waals surface area (Å²) in [4.78, 5) is 8.13. The summed E-state index contributed by atoms with van der Waals surface area (Å²) in [7, 11) is 0. The van der Waals surface area contributed by atoms with Crippen LogP contribution in [-0.4, -0.2) is 48.2 Å². The van der Waals surface area contributed by atoms with Crippen molar-refractivity contribution in [3.05, 3.63) is 58.6 Å². The first kappa shape index (κ1) is 17.1. The molecule has 5 rings (SSSR count). The van der Waals surface area contributed by atoms with E-state index in [0.29, 0.717) is 21.7 Å². The summed E-state index contributed by atoms with van der Waals surface area (Å²) in [5.41, 5.74) is 3.65. The Bertz CT molecular complexity index is 1020. The van der Waals surface area contributed by atoms with Crippen molar-refractivity contribution < 1.29 is 20.1 Å². The molecule has 1 aromatic carbocycles. The third-order valence-corrected chi connectivity index (χ3v) is 5.86. The number of ether oxygens (including phenoxy) is 1. The second-order valence-electron chi connectivity index (χ2n) is 7.07. The molecule has 2 aliphatic rings.